The molecule has 1 fully saturated rings. The average molecular weight is 444 g/mol. The Hall–Kier alpha value is -3.58. The Morgan fingerprint density at radius 3 is 2.67 bits per heavy atom. The number of nitrogens with zero attached hydrogens (tertiary/aromatic N) is 4. The molecule has 0 saturated carbocycles. The van der Waals surface area contributed by atoms with Gasteiger partial charge in [0.05, 0.1) is 37.3 Å². The topological polar surface area (TPSA) is 63.9 Å². The van der Waals surface area contributed by atoms with Crippen LogP contribution in [-0.2, 0) is 0 Å². The van der Waals surface area contributed by atoms with E-state index in [2.05, 4.69) is 40.4 Å². The molecule has 4 aromatic rings. The summed E-state index contributed by atoms with van der Waals surface area (Å²) in [5.41, 5.74) is 4.98. The van der Waals surface area contributed by atoms with Gasteiger partial charge in [0.15, 0.2) is 0 Å². The summed E-state index contributed by atoms with van der Waals surface area (Å²) in [6, 6.07) is 18.3. The maximum atomic E-state index is 5.72. The summed E-state index contributed by atoms with van der Waals surface area (Å²) in [7, 11) is 5.57. The van der Waals surface area contributed by atoms with Crippen LogP contribution in [0.3, 0.4) is 0 Å². The summed E-state index contributed by atoms with van der Waals surface area (Å²) in [6.45, 7) is 2.25. The number of rotatable bonds is 6. The Morgan fingerprint density at radius 1 is 1.00 bits per heavy atom. The van der Waals surface area contributed by atoms with Gasteiger partial charge in [0.25, 0.3) is 0 Å². The fourth-order valence-electron chi connectivity index (χ4n) is 4.64. The zero-order valence-electron chi connectivity index (χ0n) is 19.3. The second kappa shape index (κ2) is 9.11. The lowest BCUT2D eigenvalue weighted by Crippen LogP contribution is -2.30. The molecule has 0 radical (unpaired) electrons. The van der Waals surface area contributed by atoms with E-state index in [9.17, 15) is 0 Å². The number of aromatic nitrogens is 3. The van der Waals surface area contributed by atoms with Gasteiger partial charge in [0, 0.05) is 12.1 Å². The van der Waals surface area contributed by atoms with Crippen molar-refractivity contribution in [2.75, 3.05) is 39.7 Å². The minimum Gasteiger partial charge on any atom is -0.496 e. The molecular formula is C26H29N5O2. The van der Waals surface area contributed by atoms with E-state index in [1.165, 1.54) is 24.9 Å². The number of para-hydroxylation sites is 1. The van der Waals surface area contributed by atoms with E-state index in [0.29, 0.717) is 11.9 Å². The molecule has 1 atom stereocenters. The van der Waals surface area contributed by atoms with Gasteiger partial charge in [-0.3, -0.25) is 0 Å². The van der Waals surface area contributed by atoms with Crippen LogP contribution in [0.1, 0.15) is 24.3 Å². The third-order valence-corrected chi connectivity index (χ3v) is 6.35. The SMILES string of the molecule is COc1cc(C2CCCN(C)C2)ccc1Nc1ncc2ccc(-c3ccccc3OC)n2n1. The molecular weight excluding hydrogens is 414 g/mol. The average Bonchev–Trinajstić information content (AvgIpc) is 3.27. The Morgan fingerprint density at radius 2 is 1.85 bits per heavy atom. The van der Waals surface area contributed by atoms with Crippen LogP contribution in [0, 0.1) is 0 Å². The lowest BCUT2D eigenvalue weighted by atomic mass is 9.90. The first-order chi connectivity index (χ1) is 16.2. The van der Waals surface area contributed by atoms with Crippen LogP contribution in [0.4, 0.5) is 11.6 Å². The Kier molecular flexibility index (Phi) is 5.88. The molecule has 2 aromatic heterocycles. The lowest BCUT2D eigenvalue weighted by Gasteiger charge is -2.30. The molecule has 0 amide bonds. The van der Waals surface area contributed by atoms with Crippen LogP contribution in [0.2, 0.25) is 0 Å². The highest BCUT2D eigenvalue weighted by atomic mass is 16.5. The first-order valence-corrected chi connectivity index (χ1v) is 11.3. The molecule has 33 heavy (non-hydrogen) atoms. The van der Waals surface area contributed by atoms with Crippen LogP contribution in [0.15, 0.2) is 60.8 Å². The first-order valence-electron chi connectivity index (χ1n) is 11.3. The smallest absolute Gasteiger partial charge is 0.245 e. The van der Waals surface area contributed by atoms with Crippen LogP contribution in [-0.4, -0.2) is 53.9 Å². The van der Waals surface area contributed by atoms with Crippen molar-refractivity contribution >= 4 is 17.2 Å². The minimum absolute atomic E-state index is 0.498. The molecule has 7 heteroatoms. The van der Waals surface area contributed by atoms with Gasteiger partial charge in [-0.25, -0.2) is 9.50 Å². The molecule has 170 valence electrons. The highest BCUT2D eigenvalue weighted by Gasteiger charge is 2.20. The summed E-state index contributed by atoms with van der Waals surface area (Å²) in [5.74, 6) is 2.62. The van der Waals surface area contributed by atoms with Gasteiger partial charge in [0.1, 0.15) is 11.5 Å². The fourth-order valence-corrected chi connectivity index (χ4v) is 4.64. The van der Waals surface area contributed by atoms with Gasteiger partial charge >= 0.3 is 0 Å². The molecule has 1 N–H and O–H groups in total. The summed E-state index contributed by atoms with van der Waals surface area (Å²) in [6.07, 6.45) is 4.25. The summed E-state index contributed by atoms with van der Waals surface area (Å²) in [4.78, 5) is 6.91. The second-order valence-corrected chi connectivity index (χ2v) is 8.52. The minimum atomic E-state index is 0.498. The van der Waals surface area contributed by atoms with E-state index < -0.39 is 0 Å². The molecule has 1 saturated heterocycles. The predicted molar refractivity (Wildman–Crippen MR) is 131 cm³/mol. The van der Waals surface area contributed by atoms with Crippen LogP contribution in [0.5, 0.6) is 11.5 Å². The van der Waals surface area contributed by atoms with Gasteiger partial charge in [-0.05, 0) is 74.3 Å². The van der Waals surface area contributed by atoms with E-state index in [-0.39, 0.29) is 0 Å². The molecule has 0 aliphatic carbocycles. The summed E-state index contributed by atoms with van der Waals surface area (Å²) < 4.78 is 13.1. The molecule has 0 spiro atoms. The number of fused-ring (bicyclic) bond motifs is 1. The van der Waals surface area contributed by atoms with Crippen molar-refractivity contribution in [1.82, 2.24) is 19.5 Å². The number of hydrogen-bond donors (Lipinski definition) is 1. The van der Waals surface area contributed by atoms with Crippen LogP contribution in [0.25, 0.3) is 16.8 Å². The van der Waals surface area contributed by atoms with E-state index in [1.54, 1.807) is 14.2 Å². The maximum absolute atomic E-state index is 5.72. The standard InChI is InChI=1S/C26H29N5O2/c1-30-14-6-7-19(17-30)18-10-12-22(25(15-18)33-3)28-26-27-16-20-11-13-23(31(20)29-26)21-8-4-5-9-24(21)32-2/h4-5,8-13,15-16,19H,6-7,14,17H2,1-3H3,(H,28,29). The summed E-state index contributed by atoms with van der Waals surface area (Å²) >= 11 is 0. The van der Waals surface area contributed by atoms with Crippen molar-refractivity contribution in [2.24, 2.45) is 0 Å². The van der Waals surface area contributed by atoms with Crippen molar-refractivity contribution in [3.05, 3.63) is 66.4 Å². The maximum Gasteiger partial charge on any atom is 0.245 e. The highest BCUT2D eigenvalue weighted by molar-refractivity contribution is 5.72. The second-order valence-electron chi connectivity index (χ2n) is 8.52. The molecule has 1 aliphatic rings. The zero-order valence-corrected chi connectivity index (χ0v) is 19.3. The number of hydrogen-bond acceptors (Lipinski definition) is 6. The Bertz CT molecular complexity index is 1270. The molecule has 0 bridgehead atoms. The lowest BCUT2D eigenvalue weighted by molar-refractivity contribution is 0.250. The third-order valence-electron chi connectivity index (χ3n) is 6.35. The van der Waals surface area contributed by atoms with Crippen LogP contribution < -0.4 is 14.8 Å². The molecule has 3 heterocycles. The number of likely N-dealkylation sites (tertiary alicyclic amines) is 1. The fraction of sp³-hybridized carbons (Fsp3) is 0.308. The quantitative estimate of drug-likeness (QED) is 0.454. The van der Waals surface area contributed by atoms with Gasteiger partial charge in [-0.15, -0.1) is 5.10 Å². The van der Waals surface area contributed by atoms with E-state index in [4.69, 9.17) is 14.6 Å². The number of methoxy groups -OCH3 is 2. The van der Waals surface area contributed by atoms with Crippen LogP contribution >= 0.6 is 0 Å². The monoisotopic (exact) mass is 443 g/mol. The van der Waals surface area contributed by atoms with Gasteiger partial charge < -0.3 is 19.7 Å². The molecule has 7 nitrogen and oxygen atoms in total. The van der Waals surface area contributed by atoms with Gasteiger partial charge in [-0.1, -0.05) is 18.2 Å². The molecule has 5 rings (SSSR count). The third kappa shape index (κ3) is 4.24. The normalized spacial score (nSPS) is 16.6. The van der Waals surface area contributed by atoms with Crippen molar-refractivity contribution < 1.29 is 9.47 Å². The van der Waals surface area contributed by atoms with Gasteiger partial charge in [0.2, 0.25) is 5.95 Å². The Balaban J connectivity index is 1.45. The molecule has 1 aliphatic heterocycles. The van der Waals surface area contributed by atoms with E-state index >= 15 is 0 Å². The summed E-state index contributed by atoms with van der Waals surface area (Å²) in [5, 5.41) is 8.10. The van der Waals surface area contributed by atoms with Crippen molar-refractivity contribution in [2.45, 2.75) is 18.8 Å². The Labute approximate surface area is 194 Å². The van der Waals surface area contributed by atoms with Crippen molar-refractivity contribution in [1.29, 1.82) is 0 Å². The number of likely N-dealkylation sites (N-methyl/N-ethyl adjacent to an activating group) is 1. The number of benzene rings is 2. The van der Waals surface area contributed by atoms with Gasteiger partial charge in [-0.2, -0.15) is 0 Å². The number of anilines is 2. The molecule has 1 unspecified atom stereocenters. The number of ether oxygens (including phenoxy) is 2. The van der Waals surface area contributed by atoms with E-state index in [0.717, 1.165) is 40.5 Å². The number of nitrogens with one attached hydrogen (secondary N) is 1. The first kappa shape index (κ1) is 21.3. The van der Waals surface area contributed by atoms with E-state index in [1.807, 2.05) is 47.1 Å². The molecule has 2 aromatic carbocycles. The largest absolute Gasteiger partial charge is 0.496 e. The van der Waals surface area contributed by atoms with Crippen molar-refractivity contribution in [3.8, 4) is 22.8 Å². The zero-order chi connectivity index (χ0) is 22.8. The highest BCUT2D eigenvalue weighted by Crippen LogP contribution is 2.34. The predicted octanol–water partition coefficient (Wildman–Crippen LogP) is 4.97. The van der Waals surface area contributed by atoms with Crippen molar-refractivity contribution in [3.63, 3.8) is 0 Å². The number of piperidine rings is 1.